The monoisotopic (exact) mass is 579 g/mol. The number of aliphatic carboxylic acids is 1. The van der Waals surface area contributed by atoms with Crippen molar-refractivity contribution in [3.63, 3.8) is 0 Å². The van der Waals surface area contributed by atoms with Gasteiger partial charge in [-0.1, -0.05) is 55.0 Å². The van der Waals surface area contributed by atoms with Crippen molar-refractivity contribution in [1.82, 2.24) is 4.90 Å². The second kappa shape index (κ2) is 12.8. The van der Waals surface area contributed by atoms with Crippen LogP contribution in [0.1, 0.15) is 30.4 Å². The summed E-state index contributed by atoms with van der Waals surface area (Å²) in [6.07, 6.45) is -1.10. The van der Waals surface area contributed by atoms with Crippen LogP contribution in [-0.2, 0) is 22.7 Å². The molecule has 0 saturated carbocycles. The lowest BCUT2D eigenvalue weighted by Gasteiger charge is -2.26. The molecule has 4 aromatic rings. The van der Waals surface area contributed by atoms with Crippen molar-refractivity contribution >= 4 is 16.7 Å². The molecule has 2 aliphatic heterocycles. The Morgan fingerprint density at radius 2 is 1.52 bits per heavy atom. The van der Waals surface area contributed by atoms with Crippen LogP contribution in [0.15, 0.2) is 72.8 Å². The highest BCUT2D eigenvalue weighted by Gasteiger charge is 2.38. The van der Waals surface area contributed by atoms with Crippen molar-refractivity contribution in [3.8, 4) is 33.8 Å². The molecule has 0 atom stereocenters. The van der Waals surface area contributed by atoms with Crippen LogP contribution in [0.25, 0.3) is 33.0 Å². The van der Waals surface area contributed by atoms with Crippen LogP contribution >= 0.6 is 0 Å². The number of carbonyl (C=O) groups is 1. The van der Waals surface area contributed by atoms with Gasteiger partial charge in [0.05, 0.1) is 13.2 Å². The van der Waals surface area contributed by atoms with Crippen molar-refractivity contribution in [3.05, 3.63) is 83.9 Å². The average Bonchev–Trinajstić information content (AvgIpc) is 3.17. The first-order valence-electron chi connectivity index (χ1n) is 13.9. The summed E-state index contributed by atoms with van der Waals surface area (Å²) in [6.45, 7) is 5.24. The van der Waals surface area contributed by atoms with Gasteiger partial charge >= 0.3 is 12.1 Å². The third-order valence-corrected chi connectivity index (χ3v) is 7.61. The van der Waals surface area contributed by atoms with E-state index in [9.17, 15) is 18.3 Å². The fourth-order valence-electron chi connectivity index (χ4n) is 5.52. The third-order valence-electron chi connectivity index (χ3n) is 7.61. The first kappa shape index (κ1) is 29.4. The Morgan fingerprint density at radius 3 is 2.24 bits per heavy atom. The van der Waals surface area contributed by atoms with Gasteiger partial charge in [-0.05, 0) is 94.3 Å². The van der Waals surface area contributed by atoms with Crippen LogP contribution < -0.4 is 4.74 Å². The summed E-state index contributed by atoms with van der Waals surface area (Å²) in [5.41, 5.74) is 7.17. The van der Waals surface area contributed by atoms with Gasteiger partial charge in [0.1, 0.15) is 18.1 Å². The Balaban J connectivity index is 0.000000451. The average molecular weight is 580 g/mol. The number of fused-ring (bicyclic) bond motifs is 5. The lowest BCUT2D eigenvalue weighted by Crippen LogP contribution is -2.33. The quantitative estimate of drug-likeness (QED) is 0.256. The van der Waals surface area contributed by atoms with E-state index in [-0.39, 0.29) is 5.75 Å². The Bertz CT molecular complexity index is 1550. The summed E-state index contributed by atoms with van der Waals surface area (Å²) < 4.78 is 44.0. The maximum absolute atomic E-state index is 10.6. The van der Waals surface area contributed by atoms with Crippen molar-refractivity contribution < 1.29 is 37.7 Å². The fraction of sp³-hybridized carbons (Fsp3) is 0.303. The summed E-state index contributed by atoms with van der Waals surface area (Å²) in [5.74, 6) is -1.55. The van der Waals surface area contributed by atoms with Gasteiger partial charge in [-0.25, -0.2) is 4.79 Å². The Kier molecular flexibility index (Phi) is 8.99. The van der Waals surface area contributed by atoms with E-state index >= 15 is 0 Å². The Hall–Kier alpha value is -4.08. The molecule has 0 radical (unpaired) electrons. The van der Waals surface area contributed by atoms with E-state index in [2.05, 4.69) is 59.5 Å². The molecule has 1 fully saturated rings. The van der Waals surface area contributed by atoms with Crippen molar-refractivity contribution in [2.45, 2.75) is 38.7 Å². The number of carboxylic acids is 1. The number of alkyl halides is 3. The van der Waals surface area contributed by atoms with Crippen LogP contribution in [0.2, 0.25) is 0 Å². The molecule has 6 rings (SSSR count). The Labute approximate surface area is 241 Å². The fourth-order valence-corrected chi connectivity index (χ4v) is 5.52. The van der Waals surface area contributed by atoms with Crippen LogP contribution in [0.4, 0.5) is 13.2 Å². The minimum Gasteiger partial charge on any atom is -0.508 e. The molecular weight excluding hydrogens is 547 g/mol. The maximum Gasteiger partial charge on any atom is 0.490 e. The van der Waals surface area contributed by atoms with Gasteiger partial charge in [0.25, 0.3) is 0 Å². The number of hydrogen-bond acceptors (Lipinski definition) is 5. The zero-order chi connectivity index (χ0) is 29.7. The summed E-state index contributed by atoms with van der Waals surface area (Å²) in [4.78, 5) is 11.4. The highest BCUT2D eigenvalue weighted by atomic mass is 19.4. The highest BCUT2D eigenvalue weighted by molar-refractivity contribution is 5.94. The van der Waals surface area contributed by atoms with Gasteiger partial charge in [0, 0.05) is 6.54 Å². The van der Waals surface area contributed by atoms with E-state index in [0.717, 1.165) is 29.7 Å². The second-order valence-electron chi connectivity index (χ2n) is 10.4. The standard InChI is InChI=1S/C31H31NO3.C2HF3O2/c33-24-10-14-27-23(19-24)9-13-29-28-6-4-5-26(30(28)20-34-21-31(27)29)22-7-11-25(12-8-22)35-18-17-32-15-2-1-3-16-32;3-2(4,5)1(6)7/h4-14,19,33H,1-3,15-18,20-21H2;(H,6,7). The van der Waals surface area contributed by atoms with E-state index in [1.165, 1.54) is 65.7 Å². The first-order chi connectivity index (χ1) is 20.2. The number of aromatic hydroxyl groups is 1. The van der Waals surface area contributed by atoms with E-state index in [0.29, 0.717) is 13.2 Å². The smallest absolute Gasteiger partial charge is 0.490 e. The van der Waals surface area contributed by atoms with Crippen LogP contribution in [0, 0.1) is 0 Å². The number of phenols is 1. The van der Waals surface area contributed by atoms with Gasteiger partial charge in [0.15, 0.2) is 0 Å². The minimum absolute atomic E-state index is 0.286. The number of ether oxygens (including phenoxy) is 2. The van der Waals surface area contributed by atoms with Crippen molar-refractivity contribution in [1.29, 1.82) is 0 Å². The van der Waals surface area contributed by atoms with E-state index in [4.69, 9.17) is 19.4 Å². The summed E-state index contributed by atoms with van der Waals surface area (Å²) in [7, 11) is 0. The van der Waals surface area contributed by atoms with Gasteiger partial charge in [-0.3, -0.25) is 4.90 Å². The number of rotatable bonds is 5. The van der Waals surface area contributed by atoms with Gasteiger partial charge in [-0.15, -0.1) is 0 Å². The largest absolute Gasteiger partial charge is 0.508 e. The van der Waals surface area contributed by atoms with Crippen LogP contribution in [0.5, 0.6) is 11.5 Å². The lowest BCUT2D eigenvalue weighted by atomic mass is 9.89. The molecule has 220 valence electrons. The predicted molar refractivity (Wildman–Crippen MR) is 154 cm³/mol. The van der Waals surface area contributed by atoms with E-state index in [1.807, 2.05) is 12.1 Å². The second-order valence-corrected chi connectivity index (χ2v) is 10.4. The van der Waals surface area contributed by atoms with Gasteiger partial charge in [-0.2, -0.15) is 13.2 Å². The number of likely N-dealkylation sites (tertiary alicyclic amines) is 1. The third kappa shape index (κ3) is 6.86. The molecule has 1 saturated heterocycles. The molecule has 0 bridgehead atoms. The molecule has 2 N–H and O–H groups in total. The number of nitrogens with zero attached hydrogens (tertiary/aromatic N) is 1. The number of piperidine rings is 1. The molecule has 0 amide bonds. The molecule has 2 aliphatic rings. The number of phenolic OH excluding ortho intramolecular Hbond substituents is 1. The molecule has 2 heterocycles. The normalized spacial score (nSPS) is 15.1. The highest BCUT2D eigenvalue weighted by Crippen LogP contribution is 2.40. The van der Waals surface area contributed by atoms with Gasteiger partial charge in [0.2, 0.25) is 0 Å². The number of benzene rings is 4. The predicted octanol–water partition coefficient (Wildman–Crippen LogP) is 7.41. The zero-order valence-corrected chi connectivity index (χ0v) is 23.0. The van der Waals surface area contributed by atoms with Gasteiger partial charge < -0.3 is 19.7 Å². The first-order valence-corrected chi connectivity index (χ1v) is 13.9. The van der Waals surface area contributed by atoms with Crippen LogP contribution in [0.3, 0.4) is 0 Å². The summed E-state index contributed by atoms with van der Waals surface area (Å²) >= 11 is 0. The van der Waals surface area contributed by atoms with Crippen LogP contribution in [-0.4, -0.2) is 53.5 Å². The van der Waals surface area contributed by atoms with Crippen molar-refractivity contribution in [2.75, 3.05) is 26.2 Å². The summed E-state index contributed by atoms with van der Waals surface area (Å²) in [5, 5.41) is 19.2. The molecule has 0 spiro atoms. The van der Waals surface area contributed by atoms with E-state index in [1.54, 1.807) is 6.07 Å². The number of hydrogen-bond donors (Lipinski definition) is 2. The molecule has 0 aliphatic carbocycles. The number of halogens is 3. The molecular formula is C33H32F3NO5. The topological polar surface area (TPSA) is 79.2 Å². The molecule has 9 heteroatoms. The summed E-state index contributed by atoms with van der Waals surface area (Å²) in [6, 6.07) is 24.8. The molecule has 4 aromatic carbocycles. The lowest BCUT2D eigenvalue weighted by molar-refractivity contribution is -0.192. The Morgan fingerprint density at radius 1 is 0.857 bits per heavy atom. The zero-order valence-electron chi connectivity index (χ0n) is 23.0. The maximum atomic E-state index is 10.6. The van der Waals surface area contributed by atoms with Crippen molar-refractivity contribution in [2.24, 2.45) is 0 Å². The molecule has 0 unspecified atom stereocenters. The van der Waals surface area contributed by atoms with E-state index < -0.39 is 12.1 Å². The molecule has 42 heavy (non-hydrogen) atoms. The SMILES string of the molecule is O=C(O)C(F)(F)F.Oc1ccc2c3c(ccc2c1)-c1cccc(-c2ccc(OCCN4CCCCC4)cc2)c1COC3. The minimum atomic E-state index is -5.08. The number of carboxylic acid groups (broad SMARTS) is 1. The molecule has 0 aromatic heterocycles. The molecule has 6 nitrogen and oxygen atoms in total.